The zero-order valence-electron chi connectivity index (χ0n) is 15.5. The van der Waals surface area contributed by atoms with E-state index in [2.05, 4.69) is 4.90 Å². The minimum atomic E-state index is -0.475. The first kappa shape index (κ1) is 18.2. The van der Waals surface area contributed by atoms with Gasteiger partial charge in [-0.25, -0.2) is 4.79 Å². The molecule has 24 heavy (non-hydrogen) atoms. The standard InChI is InChI=1S/C18H28N2O4/c1-13-12-19(9-10-20(13)17(21)24-18(2,3)4)14-7-8-15(22-5)16(11-14)23-6/h7-8,11,13H,9-10,12H2,1-6H3/t13-/m1/s1. The first-order valence-electron chi connectivity index (χ1n) is 8.21. The van der Waals surface area contributed by atoms with Crippen LogP contribution in [0.4, 0.5) is 10.5 Å². The van der Waals surface area contributed by atoms with Crippen LogP contribution in [-0.2, 0) is 4.74 Å². The molecule has 1 aromatic rings. The molecule has 2 rings (SSSR count). The predicted molar refractivity (Wildman–Crippen MR) is 94.2 cm³/mol. The van der Waals surface area contributed by atoms with Crippen LogP contribution in [0, 0.1) is 0 Å². The smallest absolute Gasteiger partial charge is 0.410 e. The van der Waals surface area contributed by atoms with Crippen molar-refractivity contribution in [2.24, 2.45) is 0 Å². The van der Waals surface area contributed by atoms with Crippen LogP contribution in [0.1, 0.15) is 27.7 Å². The zero-order valence-corrected chi connectivity index (χ0v) is 15.5. The fourth-order valence-electron chi connectivity index (χ4n) is 2.81. The molecule has 1 heterocycles. The fourth-order valence-corrected chi connectivity index (χ4v) is 2.81. The lowest BCUT2D eigenvalue weighted by Gasteiger charge is -2.41. The number of nitrogens with zero attached hydrogens (tertiary/aromatic N) is 2. The average Bonchev–Trinajstić information content (AvgIpc) is 2.52. The Balaban J connectivity index is 2.06. The van der Waals surface area contributed by atoms with Crippen molar-refractivity contribution in [2.45, 2.75) is 39.3 Å². The Morgan fingerprint density at radius 1 is 1.12 bits per heavy atom. The summed E-state index contributed by atoms with van der Waals surface area (Å²) in [6, 6.07) is 5.95. The number of carbonyl (C=O) groups excluding carboxylic acids is 1. The van der Waals surface area contributed by atoms with E-state index in [1.54, 1.807) is 19.1 Å². The van der Waals surface area contributed by atoms with E-state index in [4.69, 9.17) is 14.2 Å². The van der Waals surface area contributed by atoms with E-state index < -0.39 is 5.60 Å². The maximum absolute atomic E-state index is 12.3. The van der Waals surface area contributed by atoms with E-state index in [1.807, 2.05) is 45.9 Å². The second-order valence-electron chi connectivity index (χ2n) is 7.01. The number of carbonyl (C=O) groups is 1. The Labute approximate surface area is 144 Å². The molecule has 1 aliphatic rings. The molecule has 1 amide bonds. The molecule has 0 aromatic heterocycles. The van der Waals surface area contributed by atoms with Gasteiger partial charge in [-0.3, -0.25) is 0 Å². The van der Waals surface area contributed by atoms with Crippen molar-refractivity contribution in [1.82, 2.24) is 4.90 Å². The van der Waals surface area contributed by atoms with E-state index in [0.717, 1.165) is 18.8 Å². The number of hydrogen-bond acceptors (Lipinski definition) is 5. The van der Waals surface area contributed by atoms with Crippen LogP contribution in [0.15, 0.2) is 18.2 Å². The van der Waals surface area contributed by atoms with Gasteiger partial charge in [0.25, 0.3) is 0 Å². The van der Waals surface area contributed by atoms with Gasteiger partial charge in [0.1, 0.15) is 5.60 Å². The molecule has 0 bridgehead atoms. The van der Waals surface area contributed by atoms with Gasteiger partial charge >= 0.3 is 6.09 Å². The summed E-state index contributed by atoms with van der Waals surface area (Å²) < 4.78 is 16.1. The summed E-state index contributed by atoms with van der Waals surface area (Å²) in [4.78, 5) is 16.3. The Bertz CT molecular complexity index is 583. The lowest BCUT2D eigenvalue weighted by atomic mass is 10.1. The van der Waals surface area contributed by atoms with Crippen molar-refractivity contribution in [2.75, 3.05) is 38.8 Å². The van der Waals surface area contributed by atoms with Gasteiger partial charge in [0, 0.05) is 37.4 Å². The molecule has 1 atom stereocenters. The summed E-state index contributed by atoms with van der Waals surface area (Å²) >= 11 is 0. The average molecular weight is 336 g/mol. The molecule has 1 aromatic carbocycles. The SMILES string of the molecule is COc1ccc(N2CCN(C(=O)OC(C)(C)C)[C@H](C)C2)cc1OC. The highest BCUT2D eigenvalue weighted by atomic mass is 16.6. The van der Waals surface area contributed by atoms with Gasteiger partial charge in [-0.1, -0.05) is 0 Å². The number of rotatable bonds is 3. The quantitative estimate of drug-likeness (QED) is 0.849. The summed E-state index contributed by atoms with van der Waals surface area (Å²) in [6.07, 6.45) is -0.248. The number of piperazine rings is 1. The van der Waals surface area contributed by atoms with Crippen LogP contribution >= 0.6 is 0 Å². The highest BCUT2D eigenvalue weighted by Crippen LogP contribution is 2.32. The van der Waals surface area contributed by atoms with Gasteiger partial charge in [0.2, 0.25) is 0 Å². The van der Waals surface area contributed by atoms with E-state index in [0.29, 0.717) is 18.0 Å². The Hall–Kier alpha value is -2.11. The molecule has 6 heteroatoms. The molecule has 1 saturated heterocycles. The third kappa shape index (κ3) is 4.24. The molecule has 0 N–H and O–H groups in total. The summed E-state index contributed by atoms with van der Waals surface area (Å²) in [5, 5.41) is 0. The van der Waals surface area contributed by atoms with Gasteiger partial charge in [-0.15, -0.1) is 0 Å². The fraction of sp³-hybridized carbons (Fsp3) is 0.611. The maximum atomic E-state index is 12.3. The van der Waals surface area contributed by atoms with E-state index >= 15 is 0 Å². The minimum absolute atomic E-state index is 0.0710. The number of amides is 1. The largest absolute Gasteiger partial charge is 0.493 e. The Morgan fingerprint density at radius 3 is 2.33 bits per heavy atom. The monoisotopic (exact) mass is 336 g/mol. The topological polar surface area (TPSA) is 51.2 Å². The number of benzene rings is 1. The maximum Gasteiger partial charge on any atom is 0.410 e. The van der Waals surface area contributed by atoms with Crippen molar-refractivity contribution in [3.63, 3.8) is 0 Å². The van der Waals surface area contributed by atoms with Crippen molar-refractivity contribution in [3.05, 3.63) is 18.2 Å². The second kappa shape index (κ2) is 7.20. The third-order valence-electron chi connectivity index (χ3n) is 3.99. The molecule has 0 radical (unpaired) electrons. The summed E-state index contributed by atoms with van der Waals surface area (Å²) in [7, 11) is 3.25. The zero-order chi connectivity index (χ0) is 17.9. The van der Waals surface area contributed by atoms with Gasteiger partial charge in [0.15, 0.2) is 11.5 Å². The number of hydrogen-bond donors (Lipinski definition) is 0. The van der Waals surface area contributed by atoms with Crippen molar-refractivity contribution in [3.8, 4) is 11.5 Å². The summed E-state index contributed by atoms with van der Waals surface area (Å²) in [5.41, 5.74) is 0.584. The van der Waals surface area contributed by atoms with Crippen LogP contribution in [0.2, 0.25) is 0 Å². The second-order valence-corrected chi connectivity index (χ2v) is 7.01. The van der Waals surface area contributed by atoms with Gasteiger partial charge in [-0.05, 0) is 39.8 Å². The normalized spacial score (nSPS) is 18.3. The van der Waals surface area contributed by atoms with Gasteiger partial charge in [-0.2, -0.15) is 0 Å². The number of anilines is 1. The van der Waals surface area contributed by atoms with E-state index in [-0.39, 0.29) is 12.1 Å². The lowest BCUT2D eigenvalue weighted by Crippen LogP contribution is -2.55. The van der Waals surface area contributed by atoms with Gasteiger partial charge < -0.3 is 24.0 Å². The van der Waals surface area contributed by atoms with Gasteiger partial charge in [0.05, 0.1) is 14.2 Å². The van der Waals surface area contributed by atoms with Crippen molar-refractivity contribution >= 4 is 11.8 Å². The molecule has 0 spiro atoms. The summed E-state index contributed by atoms with van der Waals surface area (Å²) in [6.45, 7) is 9.81. The van der Waals surface area contributed by atoms with Crippen LogP contribution < -0.4 is 14.4 Å². The molecule has 1 fully saturated rings. The first-order valence-corrected chi connectivity index (χ1v) is 8.21. The highest BCUT2D eigenvalue weighted by Gasteiger charge is 2.31. The Morgan fingerprint density at radius 2 is 1.79 bits per heavy atom. The van der Waals surface area contributed by atoms with Crippen LogP contribution in [0.5, 0.6) is 11.5 Å². The molecule has 6 nitrogen and oxygen atoms in total. The van der Waals surface area contributed by atoms with Crippen LogP contribution in [0.3, 0.4) is 0 Å². The molecule has 0 unspecified atom stereocenters. The molecule has 0 saturated carbocycles. The first-order chi connectivity index (χ1) is 11.2. The van der Waals surface area contributed by atoms with E-state index in [1.165, 1.54) is 0 Å². The van der Waals surface area contributed by atoms with Crippen molar-refractivity contribution < 1.29 is 19.0 Å². The Kier molecular flexibility index (Phi) is 5.47. The lowest BCUT2D eigenvalue weighted by molar-refractivity contribution is 0.0159. The predicted octanol–water partition coefficient (Wildman–Crippen LogP) is 3.15. The minimum Gasteiger partial charge on any atom is -0.493 e. The van der Waals surface area contributed by atoms with E-state index in [9.17, 15) is 4.79 Å². The number of methoxy groups -OCH3 is 2. The molecular formula is C18H28N2O4. The van der Waals surface area contributed by atoms with Crippen molar-refractivity contribution in [1.29, 1.82) is 0 Å². The molecular weight excluding hydrogens is 308 g/mol. The third-order valence-corrected chi connectivity index (χ3v) is 3.99. The molecule has 0 aliphatic carbocycles. The molecule has 134 valence electrons. The van der Waals surface area contributed by atoms with Crippen LogP contribution in [-0.4, -0.2) is 56.5 Å². The summed E-state index contributed by atoms with van der Waals surface area (Å²) in [5.74, 6) is 1.42. The molecule has 1 aliphatic heterocycles. The van der Waals surface area contributed by atoms with Crippen LogP contribution in [0.25, 0.3) is 0 Å². The number of ether oxygens (including phenoxy) is 3. The highest BCUT2D eigenvalue weighted by molar-refractivity contribution is 5.69.